The fraction of sp³-hybridized carbons (Fsp3) is 0.364. The molecule has 1 aromatic rings. The number of nitrogens with zero attached hydrogens (tertiary/aromatic N) is 2. The van der Waals surface area contributed by atoms with Crippen LogP contribution in [0.4, 0.5) is 5.69 Å². The first kappa shape index (κ1) is 12.6. The fourth-order valence-electron chi connectivity index (χ4n) is 1.79. The first-order valence-corrected chi connectivity index (χ1v) is 6.82. The van der Waals surface area contributed by atoms with Crippen molar-refractivity contribution in [1.82, 2.24) is 4.98 Å². The number of halogens is 1. The lowest BCUT2D eigenvalue weighted by Gasteiger charge is -2.17. The standard InChI is InChI=1S/C11H11BrN2O2S/c1-7(15)17-8-4-11(16)14(6-8)10-5-13-3-2-9(10)12/h2-3,5,8H,4,6H2,1H3. The summed E-state index contributed by atoms with van der Waals surface area (Å²) in [6, 6.07) is 1.80. The molecule has 0 spiro atoms. The van der Waals surface area contributed by atoms with Gasteiger partial charge in [0.05, 0.1) is 11.9 Å². The Balaban J connectivity index is 2.16. The highest BCUT2D eigenvalue weighted by molar-refractivity contribution is 9.10. The molecule has 1 amide bonds. The highest BCUT2D eigenvalue weighted by Gasteiger charge is 2.32. The molecule has 1 aliphatic rings. The number of amides is 1. The lowest BCUT2D eigenvalue weighted by Crippen LogP contribution is -2.25. The molecule has 0 aromatic carbocycles. The third-order valence-electron chi connectivity index (χ3n) is 2.46. The summed E-state index contributed by atoms with van der Waals surface area (Å²) in [5, 5.41) is 0.0991. The lowest BCUT2D eigenvalue weighted by atomic mass is 10.4. The molecule has 0 N–H and O–H groups in total. The quantitative estimate of drug-likeness (QED) is 0.840. The van der Waals surface area contributed by atoms with E-state index >= 15 is 0 Å². The van der Waals surface area contributed by atoms with Gasteiger partial charge in [-0.3, -0.25) is 14.6 Å². The average molecular weight is 315 g/mol. The normalized spacial score (nSPS) is 19.8. The monoisotopic (exact) mass is 314 g/mol. The molecule has 1 aliphatic heterocycles. The molecule has 1 saturated heterocycles. The smallest absolute Gasteiger partial charge is 0.228 e. The van der Waals surface area contributed by atoms with Gasteiger partial charge in [0.1, 0.15) is 0 Å². The van der Waals surface area contributed by atoms with E-state index in [2.05, 4.69) is 20.9 Å². The van der Waals surface area contributed by atoms with Crippen LogP contribution in [-0.4, -0.2) is 27.8 Å². The summed E-state index contributed by atoms with van der Waals surface area (Å²) in [5.41, 5.74) is 0.768. The summed E-state index contributed by atoms with van der Waals surface area (Å²) in [5.74, 6) is 0.0393. The summed E-state index contributed by atoms with van der Waals surface area (Å²) in [6.07, 6.45) is 3.73. The van der Waals surface area contributed by atoms with Crippen molar-refractivity contribution in [2.45, 2.75) is 18.6 Å². The van der Waals surface area contributed by atoms with Crippen molar-refractivity contribution in [2.75, 3.05) is 11.4 Å². The number of aromatic nitrogens is 1. The molecule has 1 unspecified atom stereocenters. The second-order valence-electron chi connectivity index (χ2n) is 3.77. The number of hydrogen-bond acceptors (Lipinski definition) is 4. The maximum absolute atomic E-state index is 11.9. The van der Waals surface area contributed by atoms with E-state index in [-0.39, 0.29) is 16.3 Å². The third-order valence-corrected chi connectivity index (χ3v) is 4.11. The van der Waals surface area contributed by atoms with Crippen LogP contribution < -0.4 is 4.90 Å². The first-order chi connectivity index (χ1) is 8.08. The van der Waals surface area contributed by atoms with Crippen LogP contribution in [0.3, 0.4) is 0 Å². The van der Waals surface area contributed by atoms with E-state index in [0.717, 1.165) is 10.2 Å². The molecule has 0 aliphatic carbocycles. The summed E-state index contributed by atoms with van der Waals surface area (Å²) in [4.78, 5) is 28.6. The lowest BCUT2D eigenvalue weighted by molar-refractivity contribution is -0.117. The minimum atomic E-state index is 0.0393. The molecule has 0 bridgehead atoms. The zero-order valence-electron chi connectivity index (χ0n) is 9.22. The number of hydrogen-bond donors (Lipinski definition) is 0. The van der Waals surface area contributed by atoms with Crippen LogP contribution in [0.1, 0.15) is 13.3 Å². The van der Waals surface area contributed by atoms with Crippen LogP contribution >= 0.6 is 27.7 Å². The van der Waals surface area contributed by atoms with Crippen LogP contribution in [-0.2, 0) is 9.59 Å². The van der Waals surface area contributed by atoms with Gasteiger partial charge < -0.3 is 4.90 Å². The van der Waals surface area contributed by atoms with Crippen LogP contribution in [0, 0.1) is 0 Å². The maximum Gasteiger partial charge on any atom is 0.228 e. The maximum atomic E-state index is 11.9. The van der Waals surface area contributed by atoms with Gasteiger partial charge in [-0.2, -0.15) is 0 Å². The Morgan fingerprint density at radius 1 is 1.65 bits per heavy atom. The van der Waals surface area contributed by atoms with Crippen molar-refractivity contribution in [2.24, 2.45) is 0 Å². The van der Waals surface area contributed by atoms with Crippen LogP contribution in [0.5, 0.6) is 0 Å². The zero-order valence-corrected chi connectivity index (χ0v) is 11.6. The van der Waals surface area contributed by atoms with Gasteiger partial charge in [-0.05, 0) is 22.0 Å². The molecule has 2 heterocycles. The number of rotatable bonds is 2. The molecule has 0 radical (unpaired) electrons. The number of anilines is 1. The third kappa shape index (κ3) is 2.87. The first-order valence-electron chi connectivity index (χ1n) is 5.15. The van der Waals surface area contributed by atoms with Crippen molar-refractivity contribution in [3.8, 4) is 0 Å². The minimum Gasteiger partial charge on any atom is -0.309 e. The van der Waals surface area contributed by atoms with Gasteiger partial charge in [-0.1, -0.05) is 11.8 Å². The Bertz CT molecular complexity index is 467. The molecule has 1 atom stereocenters. The van der Waals surface area contributed by atoms with Crippen molar-refractivity contribution in [3.63, 3.8) is 0 Å². The molecular weight excluding hydrogens is 304 g/mol. The Morgan fingerprint density at radius 2 is 2.41 bits per heavy atom. The number of pyridine rings is 1. The van der Waals surface area contributed by atoms with E-state index in [1.165, 1.54) is 18.7 Å². The molecule has 17 heavy (non-hydrogen) atoms. The summed E-state index contributed by atoms with van der Waals surface area (Å²) in [7, 11) is 0. The molecule has 0 saturated carbocycles. The Kier molecular flexibility index (Phi) is 3.83. The van der Waals surface area contributed by atoms with Gasteiger partial charge in [0.15, 0.2) is 5.12 Å². The van der Waals surface area contributed by atoms with Crippen molar-refractivity contribution in [3.05, 3.63) is 22.9 Å². The van der Waals surface area contributed by atoms with E-state index in [0.29, 0.717) is 13.0 Å². The summed E-state index contributed by atoms with van der Waals surface area (Å²) < 4.78 is 0.842. The van der Waals surface area contributed by atoms with Gasteiger partial charge in [0, 0.05) is 35.8 Å². The van der Waals surface area contributed by atoms with Gasteiger partial charge in [0.25, 0.3) is 0 Å². The van der Waals surface area contributed by atoms with Gasteiger partial charge in [-0.15, -0.1) is 0 Å². The molecule has 2 rings (SSSR count). The number of carbonyl (C=O) groups excluding carboxylic acids is 2. The van der Waals surface area contributed by atoms with Crippen LogP contribution in [0.15, 0.2) is 22.9 Å². The van der Waals surface area contributed by atoms with Gasteiger partial charge in [0.2, 0.25) is 5.91 Å². The van der Waals surface area contributed by atoms with E-state index < -0.39 is 0 Å². The molecular formula is C11H11BrN2O2S. The second-order valence-corrected chi connectivity index (χ2v) is 6.10. The van der Waals surface area contributed by atoms with E-state index in [9.17, 15) is 9.59 Å². The van der Waals surface area contributed by atoms with Crippen LogP contribution in [0.25, 0.3) is 0 Å². The Labute approximate surface area is 112 Å². The summed E-state index contributed by atoms with van der Waals surface area (Å²) in [6.45, 7) is 2.09. The number of thioether (sulfide) groups is 1. The topological polar surface area (TPSA) is 50.3 Å². The SMILES string of the molecule is CC(=O)SC1CC(=O)N(c2cnccc2Br)C1. The average Bonchev–Trinajstić information content (AvgIpc) is 2.59. The van der Waals surface area contributed by atoms with E-state index in [4.69, 9.17) is 0 Å². The highest BCUT2D eigenvalue weighted by atomic mass is 79.9. The van der Waals surface area contributed by atoms with Crippen LogP contribution in [0.2, 0.25) is 0 Å². The van der Waals surface area contributed by atoms with Crippen molar-refractivity contribution >= 4 is 44.4 Å². The van der Waals surface area contributed by atoms with E-state index in [1.807, 2.05) is 0 Å². The second kappa shape index (κ2) is 5.18. The molecule has 4 nitrogen and oxygen atoms in total. The minimum absolute atomic E-state index is 0.0393. The van der Waals surface area contributed by atoms with Gasteiger partial charge >= 0.3 is 0 Å². The Morgan fingerprint density at radius 3 is 3.06 bits per heavy atom. The predicted molar refractivity (Wildman–Crippen MR) is 71.0 cm³/mol. The molecule has 1 fully saturated rings. The predicted octanol–water partition coefficient (Wildman–Crippen LogP) is 2.23. The molecule has 6 heteroatoms. The van der Waals surface area contributed by atoms with Gasteiger partial charge in [-0.25, -0.2) is 0 Å². The zero-order chi connectivity index (χ0) is 12.4. The van der Waals surface area contributed by atoms with E-state index in [1.54, 1.807) is 23.4 Å². The number of carbonyl (C=O) groups is 2. The molecule has 90 valence electrons. The highest BCUT2D eigenvalue weighted by Crippen LogP contribution is 2.32. The van der Waals surface area contributed by atoms with Crippen molar-refractivity contribution < 1.29 is 9.59 Å². The largest absolute Gasteiger partial charge is 0.309 e. The van der Waals surface area contributed by atoms with Crippen molar-refractivity contribution in [1.29, 1.82) is 0 Å². The fourth-order valence-corrected chi connectivity index (χ4v) is 3.14. The molecule has 1 aromatic heterocycles. The summed E-state index contributed by atoms with van der Waals surface area (Å²) >= 11 is 4.63. The Hall–Kier alpha value is -0.880.